The highest BCUT2D eigenvalue weighted by Crippen LogP contribution is 2.14. The van der Waals surface area contributed by atoms with Gasteiger partial charge in [0.2, 0.25) is 0 Å². The van der Waals surface area contributed by atoms with Crippen molar-refractivity contribution < 1.29 is 0 Å². The van der Waals surface area contributed by atoms with Gasteiger partial charge in [-0.2, -0.15) is 0 Å². The maximum atomic E-state index is 4.33. The summed E-state index contributed by atoms with van der Waals surface area (Å²) in [5.74, 6) is 0.882. The molecule has 0 bridgehead atoms. The molecule has 1 aromatic heterocycles. The van der Waals surface area contributed by atoms with E-state index in [4.69, 9.17) is 0 Å². The Bertz CT molecular complexity index is 292. The Morgan fingerprint density at radius 3 is 2.67 bits per heavy atom. The summed E-state index contributed by atoms with van der Waals surface area (Å²) in [4.78, 5) is 8.66. The molecule has 0 aromatic carbocycles. The van der Waals surface area contributed by atoms with Gasteiger partial charge in [-0.15, -0.1) is 6.58 Å². The molecule has 0 amide bonds. The van der Waals surface area contributed by atoms with Crippen LogP contribution in [-0.2, 0) is 0 Å². The SMILES string of the molecule is C=CCCCC(NC)c1ncc(C)cn1. The maximum absolute atomic E-state index is 4.33. The molecule has 3 heteroatoms. The van der Waals surface area contributed by atoms with Crippen molar-refractivity contribution in [2.45, 2.75) is 32.2 Å². The van der Waals surface area contributed by atoms with Gasteiger partial charge in [0, 0.05) is 12.4 Å². The molecular weight excluding hydrogens is 186 g/mol. The molecule has 82 valence electrons. The van der Waals surface area contributed by atoms with Crippen molar-refractivity contribution >= 4 is 0 Å². The van der Waals surface area contributed by atoms with Crippen LogP contribution in [0.15, 0.2) is 25.0 Å². The van der Waals surface area contributed by atoms with Gasteiger partial charge in [0.1, 0.15) is 5.82 Å². The molecule has 1 rings (SSSR count). The van der Waals surface area contributed by atoms with Crippen LogP contribution < -0.4 is 5.32 Å². The van der Waals surface area contributed by atoms with Gasteiger partial charge in [0.25, 0.3) is 0 Å². The molecule has 15 heavy (non-hydrogen) atoms. The number of allylic oxidation sites excluding steroid dienone is 1. The van der Waals surface area contributed by atoms with Crippen molar-refractivity contribution in [3.8, 4) is 0 Å². The second kappa shape index (κ2) is 6.30. The first-order valence-corrected chi connectivity index (χ1v) is 5.34. The highest BCUT2D eigenvalue weighted by Gasteiger charge is 2.10. The van der Waals surface area contributed by atoms with E-state index in [0.29, 0.717) is 0 Å². The fraction of sp³-hybridized carbons (Fsp3) is 0.500. The predicted molar refractivity (Wildman–Crippen MR) is 62.6 cm³/mol. The van der Waals surface area contributed by atoms with E-state index < -0.39 is 0 Å². The molecule has 0 saturated heterocycles. The second-order valence-corrected chi connectivity index (χ2v) is 3.68. The van der Waals surface area contributed by atoms with Crippen LogP contribution in [0.25, 0.3) is 0 Å². The van der Waals surface area contributed by atoms with Gasteiger partial charge in [-0.25, -0.2) is 9.97 Å². The molecule has 1 aromatic rings. The summed E-state index contributed by atoms with van der Waals surface area (Å²) in [6.45, 7) is 5.71. The van der Waals surface area contributed by atoms with E-state index >= 15 is 0 Å². The van der Waals surface area contributed by atoms with Gasteiger partial charge in [0.05, 0.1) is 6.04 Å². The summed E-state index contributed by atoms with van der Waals surface area (Å²) in [5, 5.41) is 3.24. The highest BCUT2D eigenvalue weighted by atomic mass is 15.0. The normalized spacial score (nSPS) is 12.4. The lowest BCUT2D eigenvalue weighted by atomic mass is 10.1. The van der Waals surface area contributed by atoms with E-state index in [1.54, 1.807) is 0 Å². The largest absolute Gasteiger partial charge is 0.310 e. The number of nitrogens with one attached hydrogen (secondary N) is 1. The molecule has 0 saturated carbocycles. The lowest BCUT2D eigenvalue weighted by Gasteiger charge is -2.13. The molecule has 0 aliphatic carbocycles. The lowest BCUT2D eigenvalue weighted by Crippen LogP contribution is -2.18. The summed E-state index contributed by atoms with van der Waals surface area (Å²) < 4.78 is 0. The summed E-state index contributed by atoms with van der Waals surface area (Å²) in [7, 11) is 1.95. The summed E-state index contributed by atoms with van der Waals surface area (Å²) in [6.07, 6.45) is 8.88. The van der Waals surface area contributed by atoms with Crippen LogP contribution in [0.4, 0.5) is 0 Å². The minimum Gasteiger partial charge on any atom is -0.310 e. The minimum absolute atomic E-state index is 0.255. The summed E-state index contributed by atoms with van der Waals surface area (Å²) in [5.41, 5.74) is 1.10. The van der Waals surface area contributed by atoms with Crippen LogP contribution in [-0.4, -0.2) is 17.0 Å². The molecular formula is C12H19N3. The smallest absolute Gasteiger partial charge is 0.145 e. The van der Waals surface area contributed by atoms with E-state index in [0.717, 1.165) is 30.7 Å². The van der Waals surface area contributed by atoms with Gasteiger partial charge in [-0.1, -0.05) is 6.08 Å². The number of hydrogen-bond acceptors (Lipinski definition) is 3. The summed E-state index contributed by atoms with van der Waals surface area (Å²) in [6, 6.07) is 0.255. The topological polar surface area (TPSA) is 37.8 Å². The molecule has 1 heterocycles. The van der Waals surface area contributed by atoms with Crippen molar-refractivity contribution in [3.05, 3.63) is 36.4 Å². The Hall–Kier alpha value is -1.22. The van der Waals surface area contributed by atoms with Crippen LogP contribution in [0.1, 0.15) is 36.7 Å². The average Bonchev–Trinajstić information content (AvgIpc) is 2.26. The Kier molecular flexibility index (Phi) is 4.98. The van der Waals surface area contributed by atoms with Crippen molar-refractivity contribution in [1.82, 2.24) is 15.3 Å². The zero-order valence-electron chi connectivity index (χ0n) is 9.53. The third-order valence-electron chi connectivity index (χ3n) is 2.36. The van der Waals surface area contributed by atoms with Crippen LogP contribution in [0, 0.1) is 6.92 Å². The standard InChI is InChI=1S/C12H19N3/c1-4-5-6-7-11(13-3)12-14-8-10(2)9-15-12/h4,8-9,11,13H,1,5-7H2,2-3H3. The number of aromatic nitrogens is 2. The van der Waals surface area contributed by atoms with Crippen LogP contribution in [0.5, 0.6) is 0 Å². The van der Waals surface area contributed by atoms with E-state index in [1.165, 1.54) is 0 Å². The molecule has 0 radical (unpaired) electrons. The quantitative estimate of drug-likeness (QED) is 0.572. The third-order valence-corrected chi connectivity index (χ3v) is 2.36. The van der Waals surface area contributed by atoms with Crippen LogP contribution in [0.3, 0.4) is 0 Å². The third kappa shape index (κ3) is 3.80. The Morgan fingerprint density at radius 2 is 2.13 bits per heavy atom. The molecule has 1 N–H and O–H groups in total. The van der Waals surface area contributed by atoms with Crippen LogP contribution >= 0.6 is 0 Å². The first-order chi connectivity index (χ1) is 7.27. The number of rotatable bonds is 6. The number of nitrogens with zero attached hydrogens (tertiary/aromatic N) is 2. The number of hydrogen-bond donors (Lipinski definition) is 1. The molecule has 1 atom stereocenters. The Morgan fingerprint density at radius 1 is 1.47 bits per heavy atom. The zero-order valence-corrected chi connectivity index (χ0v) is 9.53. The first kappa shape index (κ1) is 11.9. The fourth-order valence-corrected chi connectivity index (χ4v) is 1.45. The molecule has 0 spiro atoms. The Labute approximate surface area is 91.7 Å². The van der Waals surface area contributed by atoms with E-state index in [9.17, 15) is 0 Å². The fourth-order valence-electron chi connectivity index (χ4n) is 1.45. The van der Waals surface area contributed by atoms with Crippen LogP contribution in [0.2, 0.25) is 0 Å². The zero-order chi connectivity index (χ0) is 11.1. The van der Waals surface area contributed by atoms with Gasteiger partial charge in [-0.3, -0.25) is 0 Å². The molecule has 3 nitrogen and oxygen atoms in total. The van der Waals surface area contributed by atoms with Gasteiger partial charge in [0.15, 0.2) is 0 Å². The average molecular weight is 205 g/mol. The van der Waals surface area contributed by atoms with Gasteiger partial charge < -0.3 is 5.32 Å². The lowest BCUT2D eigenvalue weighted by molar-refractivity contribution is 0.503. The predicted octanol–water partition coefficient (Wildman–Crippen LogP) is 2.40. The van der Waals surface area contributed by atoms with Gasteiger partial charge >= 0.3 is 0 Å². The number of unbranched alkanes of at least 4 members (excludes halogenated alkanes) is 1. The minimum atomic E-state index is 0.255. The van der Waals surface area contributed by atoms with Crippen molar-refractivity contribution in [2.24, 2.45) is 0 Å². The Balaban J connectivity index is 2.57. The van der Waals surface area contributed by atoms with E-state index in [-0.39, 0.29) is 6.04 Å². The monoisotopic (exact) mass is 205 g/mol. The highest BCUT2D eigenvalue weighted by molar-refractivity contribution is 5.04. The van der Waals surface area contributed by atoms with E-state index in [1.807, 2.05) is 32.4 Å². The second-order valence-electron chi connectivity index (χ2n) is 3.68. The van der Waals surface area contributed by atoms with Gasteiger partial charge in [-0.05, 0) is 38.8 Å². The van der Waals surface area contributed by atoms with Crippen molar-refractivity contribution in [3.63, 3.8) is 0 Å². The molecule has 0 aliphatic heterocycles. The van der Waals surface area contributed by atoms with E-state index in [2.05, 4.69) is 21.9 Å². The molecule has 0 aliphatic rings. The summed E-state index contributed by atoms with van der Waals surface area (Å²) >= 11 is 0. The maximum Gasteiger partial charge on any atom is 0.145 e. The first-order valence-electron chi connectivity index (χ1n) is 5.34. The molecule has 0 fully saturated rings. The number of aryl methyl sites for hydroxylation is 1. The molecule has 1 unspecified atom stereocenters. The van der Waals surface area contributed by atoms with Crippen molar-refractivity contribution in [1.29, 1.82) is 0 Å². The van der Waals surface area contributed by atoms with Crippen molar-refractivity contribution in [2.75, 3.05) is 7.05 Å².